The molecule has 0 saturated heterocycles. The van der Waals surface area contributed by atoms with Gasteiger partial charge in [-0.25, -0.2) is 14.2 Å². The van der Waals surface area contributed by atoms with Crippen molar-refractivity contribution >= 4 is 34.4 Å². The van der Waals surface area contributed by atoms with Crippen LogP contribution >= 0.6 is 0 Å². The van der Waals surface area contributed by atoms with E-state index in [9.17, 15) is 37.1 Å². The zero-order valence-corrected chi connectivity index (χ0v) is 26.6. The van der Waals surface area contributed by atoms with Gasteiger partial charge in [-0.3, -0.25) is 14.6 Å². The van der Waals surface area contributed by atoms with E-state index in [0.717, 1.165) is 36.6 Å². The molecule has 4 aromatic rings. The number of primary amides is 1. The molecule has 4 amide bonds. The first-order chi connectivity index (χ1) is 22.9. The first-order valence-corrected chi connectivity index (χ1v) is 15.2. The number of amides is 4. The predicted octanol–water partition coefficient (Wildman–Crippen LogP) is 4.73. The summed E-state index contributed by atoms with van der Waals surface area (Å²) in [6.07, 6.45) is -2.25. The van der Waals surface area contributed by atoms with E-state index in [-0.39, 0.29) is 46.0 Å². The number of halogens is 4. The molecule has 2 aromatic heterocycles. The third-order valence-electron chi connectivity index (χ3n) is 8.98. The number of nitrogens with one attached hydrogen (secondary N) is 3. The van der Waals surface area contributed by atoms with E-state index in [1.54, 1.807) is 19.2 Å². The summed E-state index contributed by atoms with van der Waals surface area (Å²) in [5, 5.41) is 19.5. The van der Waals surface area contributed by atoms with Gasteiger partial charge in [0.15, 0.2) is 0 Å². The lowest BCUT2D eigenvalue weighted by atomic mass is 9.81. The molecule has 0 unspecified atom stereocenters. The number of aromatic nitrogens is 2. The summed E-state index contributed by atoms with van der Waals surface area (Å²) in [5.41, 5.74) is -0.103. The number of carbonyl (C=O) groups excluding carboxylic acids is 3. The Labute approximate surface area is 277 Å². The van der Waals surface area contributed by atoms with Crippen LogP contribution in [-0.2, 0) is 15.8 Å². The Balaban J connectivity index is 1.38. The maximum atomic E-state index is 14.9. The van der Waals surface area contributed by atoms with Crippen LogP contribution in [-0.4, -0.2) is 57.8 Å². The lowest BCUT2D eigenvalue weighted by molar-refractivity contribution is -0.265. The third kappa shape index (κ3) is 6.21. The Morgan fingerprint density at radius 1 is 1.06 bits per heavy atom. The quantitative estimate of drug-likeness (QED) is 0.168. The number of pyridine rings is 2. The van der Waals surface area contributed by atoms with Crippen molar-refractivity contribution in [3.63, 3.8) is 0 Å². The van der Waals surface area contributed by atoms with Gasteiger partial charge in [-0.1, -0.05) is 0 Å². The third-order valence-corrected chi connectivity index (χ3v) is 8.98. The van der Waals surface area contributed by atoms with Crippen LogP contribution in [0.4, 0.5) is 28.0 Å². The molecular formula is C34H32F4N6O5. The molecule has 256 valence electrons. The number of ether oxygens (including phenoxy) is 1. The Morgan fingerprint density at radius 3 is 2.39 bits per heavy atom. The molecule has 1 aliphatic heterocycles. The van der Waals surface area contributed by atoms with E-state index in [1.807, 2.05) is 6.92 Å². The summed E-state index contributed by atoms with van der Waals surface area (Å²) in [4.78, 5) is 47.2. The van der Waals surface area contributed by atoms with Gasteiger partial charge in [0.1, 0.15) is 29.3 Å². The van der Waals surface area contributed by atoms with Crippen molar-refractivity contribution in [3.8, 4) is 17.0 Å². The molecular weight excluding hydrogens is 648 g/mol. The van der Waals surface area contributed by atoms with Crippen LogP contribution in [0, 0.1) is 12.7 Å². The fraction of sp³-hybridized carbons (Fsp3) is 0.324. The van der Waals surface area contributed by atoms with Crippen molar-refractivity contribution in [3.05, 3.63) is 82.9 Å². The Morgan fingerprint density at radius 2 is 1.76 bits per heavy atom. The molecule has 1 saturated carbocycles. The van der Waals surface area contributed by atoms with Crippen molar-refractivity contribution < 1.29 is 41.8 Å². The number of nitrogens with zero attached hydrogens (tertiary/aromatic N) is 2. The monoisotopic (exact) mass is 680 g/mol. The van der Waals surface area contributed by atoms with Gasteiger partial charge in [0.2, 0.25) is 11.5 Å². The molecule has 2 aliphatic rings. The minimum absolute atomic E-state index is 0.0509. The number of nitrogens with two attached hydrogens (primary N) is 1. The number of benzene rings is 2. The first-order valence-electron chi connectivity index (χ1n) is 15.2. The minimum Gasteiger partial charge on any atom is -0.489 e. The summed E-state index contributed by atoms with van der Waals surface area (Å²) in [6.45, 7) is 3.29. The number of fused-ring (bicyclic) bond motifs is 2. The second-order valence-electron chi connectivity index (χ2n) is 13.0. The second kappa shape index (κ2) is 11.7. The topological polar surface area (TPSA) is 169 Å². The maximum absolute atomic E-state index is 14.9. The largest absolute Gasteiger partial charge is 0.489 e. The van der Waals surface area contributed by atoms with Crippen molar-refractivity contribution in [2.45, 2.75) is 56.3 Å². The number of anilines is 1. The molecule has 0 spiro atoms. The molecule has 6 rings (SSSR count). The van der Waals surface area contributed by atoms with Crippen LogP contribution in [0.5, 0.6) is 5.75 Å². The molecule has 15 heteroatoms. The number of carbonyl (C=O) groups is 3. The van der Waals surface area contributed by atoms with Gasteiger partial charge in [-0.15, -0.1) is 0 Å². The molecule has 49 heavy (non-hydrogen) atoms. The maximum Gasteiger partial charge on any atom is 0.424 e. The smallest absolute Gasteiger partial charge is 0.424 e. The highest BCUT2D eigenvalue weighted by molar-refractivity contribution is 6.06. The molecule has 11 nitrogen and oxygen atoms in total. The van der Waals surface area contributed by atoms with Gasteiger partial charge in [-0.05, 0) is 87.7 Å². The van der Waals surface area contributed by atoms with E-state index in [4.69, 9.17) is 10.5 Å². The van der Waals surface area contributed by atoms with Crippen LogP contribution in [0.2, 0.25) is 0 Å². The molecule has 1 aliphatic carbocycles. The van der Waals surface area contributed by atoms with Gasteiger partial charge in [-0.2, -0.15) is 13.2 Å². The zero-order chi connectivity index (χ0) is 35.5. The second-order valence-corrected chi connectivity index (χ2v) is 13.0. The molecule has 2 atom stereocenters. The summed E-state index contributed by atoms with van der Waals surface area (Å²) >= 11 is 0. The lowest BCUT2D eigenvalue weighted by Gasteiger charge is -2.31. The number of aryl methyl sites for hydroxylation is 1. The highest BCUT2D eigenvalue weighted by atomic mass is 19.4. The van der Waals surface area contributed by atoms with Crippen molar-refractivity contribution in [1.29, 1.82) is 0 Å². The fourth-order valence-electron chi connectivity index (χ4n) is 5.58. The number of hydrogen-bond acceptors (Lipinski definition) is 7. The molecule has 6 N–H and O–H groups in total. The van der Waals surface area contributed by atoms with Crippen molar-refractivity contribution in [2.75, 3.05) is 18.5 Å². The summed E-state index contributed by atoms with van der Waals surface area (Å²) < 4.78 is 64.0. The minimum atomic E-state index is -5.40. The van der Waals surface area contributed by atoms with Gasteiger partial charge in [0.25, 0.3) is 5.91 Å². The normalized spacial score (nSPS) is 18.9. The number of hydrogen-bond donors (Lipinski definition) is 5. The molecule has 2 aromatic carbocycles. The Bertz CT molecular complexity index is 2020. The Kier molecular flexibility index (Phi) is 8.01. The van der Waals surface area contributed by atoms with E-state index in [1.165, 1.54) is 31.2 Å². The number of alkyl halides is 3. The van der Waals surface area contributed by atoms with Crippen LogP contribution in [0.1, 0.15) is 53.9 Å². The van der Waals surface area contributed by atoms with Gasteiger partial charge >= 0.3 is 12.2 Å². The average molecular weight is 681 g/mol. The fourth-order valence-corrected chi connectivity index (χ4v) is 5.58. The van der Waals surface area contributed by atoms with Gasteiger partial charge < -0.3 is 31.5 Å². The molecule has 1 fully saturated rings. The predicted molar refractivity (Wildman–Crippen MR) is 170 cm³/mol. The van der Waals surface area contributed by atoms with Crippen LogP contribution < -0.4 is 26.4 Å². The lowest BCUT2D eigenvalue weighted by Crippen LogP contribution is -2.51. The highest BCUT2D eigenvalue weighted by Gasteiger charge is 2.57. The molecule has 0 radical (unpaired) electrons. The van der Waals surface area contributed by atoms with Gasteiger partial charge in [0, 0.05) is 33.8 Å². The van der Waals surface area contributed by atoms with Crippen LogP contribution in [0.3, 0.4) is 0 Å². The number of rotatable bonds is 8. The van der Waals surface area contributed by atoms with E-state index < -0.39 is 53.1 Å². The van der Waals surface area contributed by atoms with Crippen molar-refractivity contribution in [1.82, 2.24) is 20.6 Å². The van der Waals surface area contributed by atoms with E-state index in [2.05, 4.69) is 25.9 Å². The Hall–Kier alpha value is -5.31. The average Bonchev–Trinajstić information content (AvgIpc) is 3.65. The summed E-state index contributed by atoms with van der Waals surface area (Å²) in [7, 11) is 0. The number of aliphatic hydroxyl groups is 1. The molecule has 0 bridgehead atoms. The summed E-state index contributed by atoms with van der Waals surface area (Å²) in [5.74, 6) is -2.58. The SMILES string of the molecule is Cc1cnc2c(NC(=O)NC3(C)CC3)cc(C(=O)NC[C@@](O)(c3cc4c(c(-c5ccc(F)cc5)n3)OC[C@]4(C)C(N)=O)C(F)(F)F)cc2c1. The molecule has 3 heterocycles. The van der Waals surface area contributed by atoms with E-state index in [0.29, 0.717) is 10.9 Å². The van der Waals surface area contributed by atoms with Crippen LogP contribution in [0.15, 0.2) is 54.7 Å². The zero-order valence-electron chi connectivity index (χ0n) is 26.6. The van der Waals surface area contributed by atoms with Crippen molar-refractivity contribution in [2.24, 2.45) is 5.73 Å². The highest BCUT2D eigenvalue weighted by Crippen LogP contribution is 2.47. The van der Waals surface area contributed by atoms with Crippen LogP contribution in [0.25, 0.3) is 22.2 Å². The van der Waals surface area contributed by atoms with Gasteiger partial charge in [0.05, 0.1) is 23.4 Å². The number of urea groups is 1. The standard InChI is InChI=1S/C34H32F4N6O5/c1-17-10-19-11-20(12-23(25(19)40-14-17)42-30(47)44-31(2)8-9-31)28(45)41-15-33(48,34(36,37)38)24-13-22-27(49-16-32(22,3)29(39)46)26(43-24)18-4-6-21(35)7-5-18/h4-7,10-14,48H,8-9,15-16H2,1-3H3,(H2,39,46)(H,41,45)(H2,42,44,47)/t32-,33+/m0/s1. The first kappa shape index (κ1) is 33.6. The summed E-state index contributed by atoms with van der Waals surface area (Å²) in [6, 6.07) is 9.35. The van der Waals surface area contributed by atoms with E-state index >= 15 is 0 Å².